The summed E-state index contributed by atoms with van der Waals surface area (Å²) in [6.45, 7) is 8.54. The number of hydrogen-bond donors (Lipinski definition) is 1. The van der Waals surface area contributed by atoms with Gasteiger partial charge < -0.3 is 10.1 Å². The van der Waals surface area contributed by atoms with Crippen LogP contribution in [0.25, 0.3) is 0 Å². The van der Waals surface area contributed by atoms with Crippen molar-refractivity contribution in [2.45, 2.75) is 26.8 Å². The molecule has 17 heavy (non-hydrogen) atoms. The molecule has 0 heterocycles. The van der Waals surface area contributed by atoms with E-state index in [0.29, 0.717) is 12.5 Å². The van der Waals surface area contributed by atoms with Crippen LogP contribution in [0.5, 0.6) is 0 Å². The minimum Gasteiger partial charge on any atom is -0.380 e. The van der Waals surface area contributed by atoms with Gasteiger partial charge in [-0.15, -0.1) is 0 Å². The average molecular weight is 239 g/mol. The Morgan fingerprint density at radius 3 is 2.71 bits per heavy atom. The normalized spacial score (nSPS) is 13.0. The van der Waals surface area contributed by atoms with E-state index in [4.69, 9.17) is 4.74 Å². The third kappa shape index (κ3) is 5.80. The lowest BCUT2D eigenvalue weighted by molar-refractivity contribution is 0.110. The third-order valence-corrected chi connectivity index (χ3v) is 2.50. The Morgan fingerprint density at radius 2 is 2.06 bits per heavy atom. The van der Waals surface area contributed by atoms with E-state index in [2.05, 4.69) is 19.2 Å². The van der Waals surface area contributed by atoms with Gasteiger partial charge in [0, 0.05) is 19.2 Å². The molecule has 0 saturated carbocycles. The van der Waals surface area contributed by atoms with Crippen molar-refractivity contribution in [1.29, 1.82) is 0 Å². The van der Waals surface area contributed by atoms with Gasteiger partial charge in [0.05, 0.1) is 6.61 Å². The van der Waals surface area contributed by atoms with Crippen LogP contribution in [0.1, 0.15) is 32.4 Å². The fourth-order valence-corrected chi connectivity index (χ4v) is 1.56. The Hall–Kier alpha value is -0.930. The zero-order valence-corrected chi connectivity index (χ0v) is 10.9. The highest BCUT2D eigenvalue weighted by atomic mass is 19.1. The molecule has 0 bridgehead atoms. The van der Waals surface area contributed by atoms with Crippen LogP contribution in [0.15, 0.2) is 24.3 Å². The number of hydrogen-bond acceptors (Lipinski definition) is 2. The molecule has 1 aromatic rings. The Balaban J connectivity index is 2.23. The maximum Gasteiger partial charge on any atom is 0.123 e. The molecule has 0 aromatic heterocycles. The Kier molecular flexibility index (Phi) is 6.16. The summed E-state index contributed by atoms with van der Waals surface area (Å²) < 4.78 is 18.5. The fourth-order valence-electron chi connectivity index (χ4n) is 1.56. The van der Waals surface area contributed by atoms with Crippen molar-refractivity contribution in [1.82, 2.24) is 5.32 Å². The van der Waals surface area contributed by atoms with Crippen LogP contribution >= 0.6 is 0 Å². The van der Waals surface area contributed by atoms with E-state index in [1.165, 1.54) is 6.07 Å². The third-order valence-electron chi connectivity index (χ3n) is 2.50. The van der Waals surface area contributed by atoms with Crippen molar-refractivity contribution in [2.75, 3.05) is 19.8 Å². The van der Waals surface area contributed by atoms with Crippen LogP contribution in [0.4, 0.5) is 4.39 Å². The topological polar surface area (TPSA) is 21.3 Å². The van der Waals surface area contributed by atoms with Gasteiger partial charge in [-0.3, -0.25) is 0 Å². The SMILES string of the molecule is CC(C)COCCN[C@@H](C)c1cccc(F)c1. The molecule has 0 unspecified atom stereocenters. The predicted octanol–water partition coefficient (Wildman–Crippen LogP) is 3.15. The molecule has 0 amide bonds. The molecule has 0 aliphatic heterocycles. The van der Waals surface area contributed by atoms with Crippen molar-refractivity contribution in [3.63, 3.8) is 0 Å². The van der Waals surface area contributed by atoms with Crippen molar-refractivity contribution in [3.05, 3.63) is 35.6 Å². The quantitative estimate of drug-likeness (QED) is 0.738. The standard InChI is InChI=1S/C14H22FNO/c1-11(2)10-17-8-7-16-12(3)13-5-4-6-14(15)9-13/h4-6,9,11-12,16H,7-8,10H2,1-3H3/t12-/m0/s1. The molecule has 0 spiro atoms. The highest BCUT2D eigenvalue weighted by Crippen LogP contribution is 2.12. The first-order valence-electron chi connectivity index (χ1n) is 6.16. The van der Waals surface area contributed by atoms with Gasteiger partial charge in [0.15, 0.2) is 0 Å². The molecule has 0 aliphatic rings. The van der Waals surface area contributed by atoms with Crippen LogP contribution < -0.4 is 5.32 Å². The van der Waals surface area contributed by atoms with Crippen molar-refractivity contribution in [3.8, 4) is 0 Å². The van der Waals surface area contributed by atoms with Gasteiger partial charge >= 0.3 is 0 Å². The second-order valence-electron chi connectivity index (χ2n) is 4.70. The second kappa shape index (κ2) is 7.41. The molecule has 3 heteroatoms. The monoisotopic (exact) mass is 239 g/mol. The smallest absolute Gasteiger partial charge is 0.123 e. The largest absolute Gasteiger partial charge is 0.380 e. The molecule has 96 valence electrons. The summed E-state index contributed by atoms with van der Waals surface area (Å²) in [6.07, 6.45) is 0. The highest BCUT2D eigenvalue weighted by molar-refractivity contribution is 5.19. The van der Waals surface area contributed by atoms with E-state index in [9.17, 15) is 4.39 Å². The zero-order valence-electron chi connectivity index (χ0n) is 10.9. The minimum absolute atomic E-state index is 0.147. The van der Waals surface area contributed by atoms with Gasteiger partial charge in [-0.1, -0.05) is 26.0 Å². The van der Waals surface area contributed by atoms with Crippen LogP contribution in [-0.4, -0.2) is 19.8 Å². The van der Waals surface area contributed by atoms with E-state index in [0.717, 1.165) is 18.7 Å². The van der Waals surface area contributed by atoms with Gasteiger partial charge in [-0.25, -0.2) is 4.39 Å². The number of nitrogens with one attached hydrogen (secondary N) is 1. The van der Waals surface area contributed by atoms with Crippen LogP contribution in [0, 0.1) is 11.7 Å². The number of ether oxygens (including phenoxy) is 1. The molecule has 2 nitrogen and oxygen atoms in total. The summed E-state index contributed by atoms with van der Waals surface area (Å²) in [5.41, 5.74) is 0.967. The summed E-state index contributed by atoms with van der Waals surface area (Å²) in [5.74, 6) is 0.378. The summed E-state index contributed by atoms with van der Waals surface area (Å²) in [6, 6.07) is 6.83. The van der Waals surface area contributed by atoms with Crippen molar-refractivity contribution < 1.29 is 9.13 Å². The molecule has 1 N–H and O–H groups in total. The molecule has 1 aromatic carbocycles. The summed E-state index contributed by atoms with van der Waals surface area (Å²) in [5, 5.41) is 3.31. The predicted molar refractivity (Wildman–Crippen MR) is 68.5 cm³/mol. The van der Waals surface area contributed by atoms with E-state index in [-0.39, 0.29) is 11.9 Å². The molecule has 0 radical (unpaired) electrons. The van der Waals surface area contributed by atoms with Crippen LogP contribution in [0.2, 0.25) is 0 Å². The molecule has 0 aliphatic carbocycles. The lowest BCUT2D eigenvalue weighted by Crippen LogP contribution is -2.24. The molecular weight excluding hydrogens is 217 g/mol. The van der Waals surface area contributed by atoms with E-state index in [1.54, 1.807) is 12.1 Å². The molecule has 0 fully saturated rings. The maximum absolute atomic E-state index is 13.0. The molecule has 0 saturated heterocycles. The summed E-state index contributed by atoms with van der Waals surface area (Å²) in [7, 11) is 0. The van der Waals surface area contributed by atoms with Crippen molar-refractivity contribution >= 4 is 0 Å². The second-order valence-corrected chi connectivity index (χ2v) is 4.70. The van der Waals surface area contributed by atoms with Crippen LogP contribution in [0.3, 0.4) is 0 Å². The number of halogens is 1. The molecule has 1 atom stereocenters. The first kappa shape index (κ1) is 14.1. The summed E-state index contributed by atoms with van der Waals surface area (Å²) in [4.78, 5) is 0. The van der Waals surface area contributed by atoms with Gasteiger partial charge in [0.25, 0.3) is 0 Å². The zero-order chi connectivity index (χ0) is 12.7. The van der Waals surface area contributed by atoms with Gasteiger partial charge in [-0.05, 0) is 30.5 Å². The average Bonchev–Trinajstić information content (AvgIpc) is 2.28. The fraction of sp³-hybridized carbons (Fsp3) is 0.571. The van der Waals surface area contributed by atoms with E-state index >= 15 is 0 Å². The van der Waals surface area contributed by atoms with Gasteiger partial charge in [-0.2, -0.15) is 0 Å². The Labute approximate surface area is 103 Å². The van der Waals surface area contributed by atoms with Crippen LogP contribution in [-0.2, 0) is 4.74 Å². The molecular formula is C14H22FNO. The van der Waals surface area contributed by atoms with Gasteiger partial charge in [0.2, 0.25) is 0 Å². The Bertz CT molecular complexity index is 328. The minimum atomic E-state index is -0.188. The first-order valence-corrected chi connectivity index (χ1v) is 6.16. The maximum atomic E-state index is 13.0. The highest BCUT2D eigenvalue weighted by Gasteiger charge is 2.04. The lowest BCUT2D eigenvalue weighted by Gasteiger charge is -2.14. The van der Waals surface area contributed by atoms with Gasteiger partial charge in [0.1, 0.15) is 5.82 Å². The lowest BCUT2D eigenvalue weighted by atomic mass is 10.1. The van der Waals surface area contributed by atoms with Crippen molar-refractivity contribution in [2.24, 2.45) is 5.92 Å². The number of rotatable bonds is 7. The number of benzene rings is 1. The first-order chi connectivity index (χ1) is 8.09. The van der Waals surface area contributed by atoms with E-state index in [1.807, 2.05) is 13.0 Å². The van der Waals surface area contributed by atoms with E-state index < -0.39 is 0 Å². The summed E-state index contributed by atoms with van der Waals surface area (Å²) >= 11 is 0. The Morgan fingerprint density at radius 1 is 1.29 bits per heavy atom. The molecule has 1 rings (SSSR count).